The Bertz CT molecular complexity index is 731. The molecule has 178 valence electrons. The summed E-state index contributed by atoms with van der Waals surface area (Å²) in [5.41, 5.74) is 3.62. The Labute approximate surface area is 201 Å². The molecule has 1 aromatic carbocycles. The molecule has 1 aliphatic carbocycles. The summed E-state index contributed by atoms with van der Waals surface area (Å²) in [7, 11) is 0. The molecule has 4 heteroatoms. The van der Waals surface area contributed by atoms with Crippen molar-refractivity contribution in [3.63, 3.8) is 0 Å². The Morgan fingerprint density at radius 2 is 1.88 bits per heavy atom. The van der Waals surface area contributed by atoms with Gasteiger partial charge >= 0.3 is 0 Å². The Morgan fingerprint density at radius 1 is 1.12 bits per heavy atom. The first kappa shape index (κ1) is 25.5. The molecule has 0 amide bonds. The predicted molar refractivity (Wildman–Crippen MR) is 136 cm³/mol. The van der Waals surface area contributed by atoms with Gasteiger partial charge in [0.2, 0.25) is 0 Å². The second-order valence-electron chi connectivity index (χ2n) is 9.90. The molecule has 1 heterocycles. The zero-order chi connectivity index (χ0) is 22.8. The lowest BCUT2D eigenvalue weighted by Gasteiger charge is -2.44. The Kier molecular flexibility index (Phi) is 10.3. The van der Waals surface area contributed by atoms with E-state index >= 15 is 0 Å². The van der Waals surface area contributed by atoms with E-state index in [1.54, 1.807) is 0 Å². The van der Waals surface area contributed by atoms with Crippen LogP contribution in [0.3, 0.4) is 0 Å². The van der Waals surface area contributed by atoms with Gasteiger partial charge in [0.05, 0.1) is 5.60 Å². The van der Waals surface area contributed by atoms with Crippen molar-refractivity contribution in [2.24, 2.45) is 0 Å². The van der Waals surface area contributed by atoms with Crippen LogP contribution in [0, 0.1) is 0 Å². The van der Waals surface area contributed by atoms with E-state index < -0.39 is 5.60 Å². The zero-order valence-electron chi connectivity index (χ0n) is 20.1. The number of rotatable bonds is 11. The highest BCUT2D eigenvalue weighted by Gasteiger charge is 2.40. The van der Waals surface area contributed by atoms with Gasteiger partial charge in [-0.1, -0.05) is 82.2 Å². The van der Waals surface area contributed by atoms with E-state index in [0.29, 0.717) is 6.04 Å². The maximum atomic E-state index is 11.7. The van der Waals surface area contributed by atoms with Gasteiger partial charge in [0.1, 0.15) is 0 Å². The smallest absolute Gasteiger partial charge is 0.0728 e. The van der Waals surface area contributed by atoms with Crippen LogP contribution in [-0.4, -0.2) is 59.3 Å². The van der Waals surface area contributed by atoms with E-state index in [-0.39, 0.29) is 5.92 Å². The van der Waals surface area contributed by atoms with Crippen LogP contribution in [0.1, 0.15) is 82.6 Å². The summed E-state index contributed by atoms with van der Waals surface area (Å²) in [6.07, 6.45) is 13.8. The lowest BCUT2D eigenvalue weighted by atomic mass is 9.72. The van der Waals surface area contributed by atoms with Gasteiger partial charge in [-0.2, -0.15) is 0 Å². The van der Waals surface area contributed by atoms with E-state index in [1.807, 2.05) is 12.1 Å². The van der Waals surface area contributed by atoms with E-state index in [1.165, 1.54) is 44.1 Å². The van der Waals surface area contributed by atoms with E-state index in [2.05, 4.69) is 47.2 Å². The molecule has 3 rings (SSSR count). The molecule has 3 nitrogen and oxygen atoms in total. The normalized spacial score (nSPS) is 21.6. The molecular formula is C28H43ClN2O. The van der Waals surface area contributed by atoms with Crippen LogP contribution in [-0.2, 0) is 0 Å². The Hall–Kier alpha value is -1.09. The van der Waals surface area contributed by atoms with Gasteiger partial charge in [0.15, 0.2) is 0 Å². The molecule has 1 saturated carbocycles. The zero-order valence-corrected chi connectivity index (χ0v) is 20.8. The number of hydrogen-bond acceptors (Lipinski definition) is 3. The highest BCUT2D eigenvalue weighted by atomic mass is 35.5. The Balaban J connectivity index is 1.62. The topological polar surface area (TPSA) is 26.7 Å². The highest BCUT2D eigenvalue weighted by Crippen LogP contribution is 2.41. The molecule has 2 atom stereocenters. The third-order valence-corrected chi connectivity index (χ3v) is 7.83. The van der Waals surface area contributed by atoms with Gasteiger partial charge in [-0.25, -0.2) is 0 Å². The SMILES string of the molecule is C=C=CC(CCCCCC)N1CCN(CC(c2cccc(Cl)c2)C2(O)CCCCC2)CC1. The maximum Gasteiger partial charge on any atom is 0.0728 e. The third kappa shape index (κ3) is 7.20. The lowest BCUT2D eigenvalue weighted by Crippen LogP contribution is -2.52. The van der Waals surface area contributed by atoms with Crippen LogP contribution >= 0.6 is 11.6 Å². The Morgan fingerprint density at radius 3 is 2.53 bits per heavy atom. The number of unbranched alkanes of at least 4 members (excludes halogenated alkanes) is 3. The fraction of sp³-hybridized carbons (Fsp3) is 0.679. The minimum Gasteiger partial charge on any atom is -0.389 e. The van der Waals surface area contributed by atoms with Gasteiger partial charge in [0, 0.05) is 49.7 Å². The van der Waals surface area contributed by atoms with Crippen LogP contribution in [0.25, 0.3) is 0 Å². The van der Waals surface area contributed by atoms with Crippen LogP contribution < -0.4 is 0 Å². The molecule has 1 aromatic rings. The summed E-state index contributed by atoms with van der Waals surface area (Å²) >= 11 is 6.34. The second kappa shape index (κ2) is 13.0. The number of benzene rings is 1. The second-order valence-corrected chi connectivity index (χ2v) is 10.3. The maximum absolute atomic E-state index is 11.7. The van der Waals surface area contributed by atoms with Gasteiger partial charge in [0.25, 0.3) is 0 Å². The summed E-state index contributed by atoms with van der Waals surface area (Å²) < 4.78 is 0. The number of nitrogens with zero attached hydrogens (tertiary/aromatic N) is 2. The molecule has 0 bridgehead atoms. The molecule has 2 aliphatic rings. The summed E-state index contributed by atoms with van der Waals surface area (Å²) in [6, 6.07) is 8.63. The number of aliphatic hydroxyl groups is 1. The first-order chi connectivity index (χ1) is 15.6. The third-order valence-electron chi connectivity index (χ3n) is 7.60. The molecule has 32 heavy (non-hydrogen) atoms. The molecule has 2 unspecified atom stereocenters. The largest absolute Gasteiger partial charge is 0.389 e. The summed E-state index contributed by atoms with van der Waals surface area (Å²) in [5.74, 6) is 0.117. The van der Waals surface area contributed by atoms with Gasteiger partial charge < -0.3 is 10.0 Å². The van der Waals surface area contributed by atoms with Crippen LogP contribution in [0.5, 0.6) is 0 Å². The summed E-state index contributed by atoms with van der Waals surface area (Å²) in [5, 5.41) is 12.4. The fourth-order valence-corrected chi connectivity index (χ4v) is 5.84. The molecule has 1 N–H and O–H groups in total. The molecule has 0 radical (unpaired) electrons. The van der Waals surface area contributed by atoms with Crippen molar-refractivity contribution in [2.45, 2.75) is 88.7 Å². The summed E-state index contributed by atoms with van der Waals surface area (Å²) in [6.45, 7) is 11.2. The number of piperazine rings is 1. The predicted octanol–water partition coefficient (Wildman–Crippen LogP) is 6.42. The van der Waals surface area contributed by atoms with E-state index in [9.17, 15) is 5.11 Å². The van der Waals surface area contributed by atoms with E-state index in [0.717, 1.165) is 63.4 Å². The van der Waals surface area contributed by atoms with Crippen LogP contribution in [0.15, 0.2) is 42.7 Å². The summed E-state index contributed by atoms with van der Waals surface area (Å²) in [4.78, 5) is 5.16. The monoisotopic (exact) mass is 458 g/mol. The molecule has 0 spiro atoms. The van der Waals surface area contributed by atoms with Gasteiger partial charge in [-0.3, -0.25) is 4.90 Å². The number of halogens is 1. The molecule has 0 aromatic heterocycles. The number of hydrogen-bond donors (Lipinski definition) is 1. The van der Waals surface area contributed by atoms with Crippen molar-refractivity contribution in [2.75, 3.05) is 32.7 Å². The first-order valence-electron chi connectivity index (χ1n) is 12.9. The minimum atomic E-state index is -0.618. The molecule has 1 aliphatic heterocycles. The quantitative estimate of drug-likeness (QED) is 0.306. The molecule has 1 saturated heterocycles. The van der Waals surface area contributed by atoms with Crippen molar-refractivity contribution in [3.8, 4) is 0 Å². The average Bonchev–Trinajstić information content (AvgIpc) is 2.80. The van der Waals surface area contributed by atoms with Crippen molar-refractivity contribution in [1.82, 2.24) is 9.80 Å². The van der Waals surface area contributed by atoms with E-state index in [4.69, 9.17) is 11.6 Å². The van der Waals surface area contributed by atoms with Gasteiger partial charge in [-0.05, 0) is 43.0 Å². The fourth-order valence-electron chi connectivity index (χ4n) is 5.64. The van der Waals surface area contributed by atoms with Crippen LogP contribution in [0.2, 0.25) is 5.02 Å². The van der Waals surface area contributed by atoms with Crippen molar-refractivity contribution < 1.29 is 5.11 Å². The first-order valence-corrected chi connectivity index (χ1v) is 13.2. The molecule has 2 fully saturated rings. The average molecular weight is 459 g/mol. The minimum absolute atomic E-state index is 0.117. The highest BCUT2D eigenvalue weighted by molar-refractivity contribution is 6.30. The standard InChI is InChI=1S/C28H43ClN2O/c1-3-5-6-8-15-26(12-4-2)31-20-18-30(19-21-31)23-27(24-13-11-14-25(29)22-24)28(32)16-9-7-10-17-28/h11-14,22,26-27,32H,2-3,5-10,15-21,23H2,1H3. The van der Waals surface area contributed by atoms with Crippen molar-refractivity contribution in [3.05, 3.63) is 53.2 Å². The lowest BCUT2D eigenvalue weighted by molar-refractivity contribution is -0.0349. The van der Waals surface area contributed by atoms with Crippen LogP contribution in [0.4, 0.5) is 0 Å². The van der Waals surface area contributed by atoms with Crippen molar-refractivity contribution >= 4 is 11.6 Å². The van der Waals surface area contributed by atoms with Crippen molar-refractivity contribution in [1.29, 1.82) is 0 Å². The van der Waals surface area contributed by atoms with Gasteiger partial charge in [-0.15, -0.1) is 5.73 Å². The molecular weight excluding hydrogens is 416 g/mol.